The van der Waals surface area contributed by atoms with Gasteiger partial charge in [-0.2, -0.15) is 4.98 Å². The number of aryl methyl sites for hydroxylation is 1. The standard InChI is InChI=1S/C13H17N3O.ClH/c1-16-12-5-3-2-4-11(12)15-13(16)17-10-6-8-14-9-7-10;/h2-5,10,14H,6-9H2,1H3;1H. The summed E-state index contributed by atoms with van der Waals surface area (Å²) in [5, 5.41) is 3.33. The third kappa shape index (κ3) is 2.44. The number of fused-ring (bicyclic) bond motifs is 1. The van der Waals surface area contributed by atoms with E-state index < -0.39 is 0 Å². The molecule has 1 N–H and O–H groups in total. The molecular weight excluding hydrogens is 250 g/mol. The molecule has 2 heterocycles. The highest BCUT2D eigenvalue weighted by Gasteiger charge is 2.17. The quantitative estimate of drug-likeness (QED) is 0.906. The first-order valence-electron chi connectivity index (χ1n) is 6.13. The second-order valence-electron chi connectivity index (χ2n) is 4.51. The van der Waals surface area contributed by atoms with Crippen LogP contribution in [0.2, 0.25) is 0 Å². The Kier molecular flexibility index (Phi) is 4.09. The Morgan fingerprint density at radius 2 is 2.00 bits per heavy atom. The molecule has 0 aliphatic carbocycles. The van der Waals surface area contributed by atoms with Gasteiger partial charge in [0.15, 0.2) is 0 Å². The van der Waals surface area contributed by atoms with Gasteiger partial charge in [-0.3, -0.25) is 4.57 Å². The monoisotopic (exact) mass is 267 g/mol. The van der Waals surface area contributed by atoms with E-state index >= 15 is 0 Å². The Labute approximate surface area is 113 Å². The van der Waals surface area contributed by atoms with Crippen LogP contribution in [0.4, 0.5) is 0 Å². The maximum Gasteiger partial charge on any atom is 0.297 e. The summed E-state index contributed by atoms with van der Waals surface area (Å²) in [5.74, 6) is 0. The highest BCUT2D eigenvalue weighted by Crippen LogP contribution is 2.21. The second-order valence-corrected chi connectivity index (χ2v) is 4.51. The fraction of sp³-hybridized carbons (Fsp3) is 0.462. The predicted molar refractivity (Wildman–Crippen MR) is 74.5 cm³/mol. The molecule has 5 heteroatoms. The highest BCUT2D eigenvalue weighted by atomic mass is 35.5. The van der Waals surface area contributed by atoms with Crippen molar-refractivity contribution in [2.24, 2.45) is 7.05 Å². The number of piperidine rings is 1. The van der Waals surface area contributed by atoms with Crippen molar-refractivity contribution in [1.82, 2.24) is 14.9 Å². The van der Waals surface area contributed by atoms with Crippen molar-refractivity contribution in [2.45, 2.75) is 18.9 Å². The van der Waals surface area contributed by atoms with Crippen LogP contribution >= 0.6 is 12.4 Å². The van der Waals surface area contributed by atoms with Gasteiger partial charge in [-0.15, -0.1) is 12.4 Å². The van der Waals surface area contributed by atoms with E-state index in [9.17, 15) is 0 Å². The fourth-order valence-electron chi connectivity index (χ4n) is 2.29. The van der Waals surface area contributed by atoms with E-state index in [1.54, 1.807) is 0 Å². The van der Waals surface area contributed by atoms with Crippen LogP contribution in [-0.2, 0) is 7.05 Å². The van der Waals surface area contributed by atoms with Crippen LogP contribution in [0.1, 0.15) is 12.8 Å². The van der Waals surface area contributed by atoms with Crippen molar-refractivity contribution >= 4 is 23.4 Å². The molecule has 2 aromatic rings. The van der Waals surface area contributed by atoms with Gasteiger partial charge in [-0.1, -0.05) is 12.1 Å². The van der Waals surface area contributed by atoms with E-state index in [4.69, 9.17) is 4.74 Å². The Morgan fingerprint density at radius 3 is 2.72 bits per heavy atom. The minimum atomic E-state index is 0. The van der Waals surface area contributed by atoms with E-state index in [2.05, 4.69) is 16.4 Å². The third-order valence-corrected chi connectivity index (χ3v) is 3.30. The molecular formula is C13H18ClN3O. The molecule has 0 saturated carbocycles. The van der Waals surface area contributed by atoms with Gasteiger partial charge in [0.25, 0.3) is 6.01 Å². The van der Waals surface area contributed by atoms with Crippen LogP contribution in [0.25, 0.3) is 11.0 Å². The molecule has 1 aromatic carbocycles. The van der Waals surface area contributed by atoms with Gasteiger partial charge in [0.05, 0.1) is 11.0 Å². The van der Waals surface area contributed by atoms with E-state index in [0.29, 0.717) is 6.10 Å². The summed E-state index contributed by atoms with van der Waals surface area (Å²) < 4.78 is 8.01. The number of hydrogen-bond donors (Lipinski definition) is 1. The zero-order chi connectivity index (χ0) is 11.7. The number of nitrogens with zero attached hydrogens (tertiary/aromatic N) is 2. The number of halogens is 1. The van der Waals surface area contributed by atoms with Crippen molar-refractivity contribution in [1.29, 1.82) is 0 Å². The van der Waals surface area contributed by atoms with Crippen LogP contribution in [0.5, 0.6) is 6.01 Å². The second kappa shape index (κ2) is 5.59. The lowest BCUT2D eigenvalue weighted by Crippen LogP contribution is -2.34. The number of hydrogen-bond acceptors (Lipinski definition) is 3. The molecule has 3 rings (SSSR count). The lowest BCUT2D eigenvalue weighted by atomic mass is 10.1. The normalized spacial score (nSPS) is 16.5. The number of para-hydroxylation sites is 2. The molecule has 1 saturated heterocycles. The van der Waals surface area contributed by atoms with Gasteiger partial charge in [0.2, 0.25) is 0 Å². The predicted octanol–water partition coefficient (Wildman–Crippen LogP) is 2.13. The van der Waals surface area contributed by atoms with Crippen molar-refractivity contribution in [3.63, 3.8) is 0 Å². The first-order valence-corrected chi connectivity index (χ1v) is 6.13. The minimum absolute atomic E-state index is 0. The molecule has 0 bridgehead atoms. The summed E-state index contributed by atoms with van der Waals surface area (Å²) in [6, 6.07) is 8.85. The van der Waals surface area contributed by atoms with Crippen LogP contribution in [0, 0.1) is 0 Å². The number of ether oxygens (including phenoxy) is 1. The summed E-state index contributed by atoms with van der Waals surface area (Å²) in [4.78, 5) is 4.53. The van der Waals surface area contributed by atoms with Gasteiger partial charge in [0, 0.05) is 7.05 Å². The lowest BCUT2D eigenvalue weighted by Gasteiger charge is -2.23. The maximum absolute atomic E-state index is 5.98. The molecule has 98 valence electrons. The first kappa shape index (κ1) is 13.2. The van der Waals surface area contributed by atoms with Crippen LogP contribution in [0.15, 0.2) is 24.3 Å². The lowest BCUT2D eigenvalue weighted by molar-refractivity contribution is 0.145. The number of imidazole rings is 1. The Balaban J connectivity index is 0.00000120. The topological polar surface area (TPSA) is 39.1 Å². The summed E-state index contributed by atoms with van der Waals surface area (Å²) in [6.07, 6.45) is 2.42. The van der Waals surface area contributed by atoms with Crippen LogP contribution < -0.4 is 10.1 Å². The smallest absolute Gasteiger partial charge is 0.297 e. The molecule has 0 radical (unpaired) electrons. The van der Waals surface area contributed by atoms with Gasteiger partial charge >= 0.3 is 0 Å². The average Bonchev–Trinajstić information content (AvgIpc) is 2.68. The summed E-state index contributed by atoms with van der Waals surface area (Å²) in [7, 11) is 2.01. The number of benzene rings is 1. The molecule has 18 heavy (non-hydrogen) atoms. The first-order chi connectivity index (χ1) is 8.34. The maximum atomic E-state index is 5.98. The molecule has 1 aliphatic heterocycles. The fourth-order valence-corrected chi connectivity index (χ4v) is 2.29. The molecule has 0 atom stereocenters. The Morgan fingerprint density at radius 1 is 1.28 bits per heavy atom. The summed E-state index contributed by atoms with van der Waals surface area (Å²) in [5.41, 5.74) is 2.12. The summed E-state index contributed by atoms with van der Waals surface area (Å²) >= 11 is 0. The minimum Gasteiger partial charge on any atom is -0.461 e. The molecule has 1 aliphatic rings. The largest absolute Gasteiger partial charge is 0.461 e. The van der Waals surface area contributed by atoms with Crippen LogP contribution in [-0.4, -0.2) is 28.7 Å². The molecule has 0 unspecified atom stereocenters. The van der Waals surface area contributed by atoms with Crippen molar-refractivity contribution in [3.8, 4) is 6.01 Å². The summed E-state index contributed by atoms with van der Waals surface area (Å²) in [6.45, 7) is 2.07. The van der Waals surface area contributed by atoms with Crippen LogP contribution in [0.3, 0.4) is 0 Å². The highest BCUT2D eigenvalue weighted by molar-refractivity contribution is 5.85. The van der Waals surface area contributed by atoms with Crippen molar-refractivity contribution in [3.05, 3.63) is 24.3 Å². The third-order valence-electron chi connectivity index (χ3n) is 3.30. The molecule has 1 aromatic heterocycles. The van der Waals surface area contributed by atoms with E-state index in [1.165, 1.54) is 0 Å². The molecule has 4 nitrogen and oxygen atoms in total. The van der Waals surface area contributed by atoms with Gasteiger partial charge in [-0.05, 0) is 38.1 Å². The number of rotatable bonds is 2. The molecule has 0 spiro atoms. The van der Waals surface area contributed by atoms with Gasteiger partial charge in [-0.25, -0.2) is 0 Å². The number of aromatic nitrogens is 2. The Hall–Kier alpha value is -1.26. The van der Waals surface area contributed by atoms with E-state index in [0.717, 1.165) is 43.0 Å². The van der Waals surface area contributed by atoms with Gasteiger partial charge in [0.1, 0.15) is 6.10 Å². The van der Waals surface area contributed by atoms with E-state index in [-0.39, 0.29) is 12.4 Å². The zero-order valence-corrected chi connectivity index (χ0v) is 11.2. The SMILES string of the molecule is Cl.Cn1c(OC2CCNCC2)nc2ccccc21. The Bertz CT molecular complexity index is 520. The zero-order valence-electron chi connectivity index (χ0n) is 10.4. The number of nitrogens with one attached hydrogen (secondary N) is 1. The van der Waals surface area contributed by atoms with Crippen molar-refractivity contribution < 1.29 is 4.74 Å². The van der Waals surface area contributed by atoms with E-state index in [1.807, 2.05) is 29.8 Å². The molecule has 1 fully saturated rings. The van der Waals surface area contributed by atoms with Crippen molar-refractivity contribution in [2.75, 3.05) is 13.1 Å². The van der Waals surface area contributed by atoms with Gasteiger partial charge < -0.3 is 10.1 Å². The average molecular weight is 268 g/mol. The molecule has 0 amide bonds.